The highest BCUT2D eigenvalue weighted by Gasteiger charge is 2.02. The number of H-pyrrole nitrogens is 1. The van der Waals surface area contributed by atoms with Gasteiger partial charge in [0, 0.05) is 18.8 Å². The van der Waals surface area contributed by atoms with E-state index >= 15 is 0 Å². The van der Waals surface area contributed by atoms with Crippen LogP contribution in [0.1, 0.15) is 11.5 Å². The minimum Gasteiger partial charge on any atom is -0.493 e. The fourth-order valence-electron chi connectivity index (χ4n) is 1.70. The smallest absolute Gasteiger partial charge is 0.210 e. The van der Waals surface area contributed by atoms with E-state index in [9.17, 15) is 0 Å². The predicted molar refractivity (Wildman–Crippen MR) is 82.4 cm³/mol. The van der Waals surface area contributed by atoms with Gasteiger partial charge in [0.2, 0.25) is 11.8 Å². The number of aromatic nitrogens is 2. The van der Waals surface area contributed by atoms with E-state index in [2.05, 4.69) is 20.6 Å². The van der Waals surface area contributed by atoms with Crippen LogP contribution in [0.3, 0.4) is 0 Å². The first kappa shape index (κ1) is 15.7. The Hall–Kier alpha value is -1.64. The van der Waals surface area contributed by atoms with Crippen molar-refractivity contribution in [3.63, 3.8) is 0 Å². The Labute approximate surface area is 127 Å². The number of hydrogen-bond donors (Lipinski definition) is 5. The van der Waals surface area contributed by atoms with Crippen molar-refractivity contribution < 1.29 is 14.6 Å². The zero-order chi connectivity index (χ0) is 14.9. The largest absolute Gasteiger partial charge is 0.493 e. The van der Waals surface area contributed by atoms with Gasteiger partial charge < -0.3 is 25.3 Å². The molecule has 0 radical (unpaired) electrons. The topological polar surface area (TPSA) is 106 Å². The Morgan fingerprint density at radius 2 is 2.14 bits per heavy atom. The molecule has 0 aliphatic rings. The summed E-state index contributed by atoms with van der Waals surface area (Å²) in [6.45, 7) is 2.08. The SMILES string of the molecule is OCCNCc1ccc(CSCCNc2ncc(O)[nH]2)o1. The number of furan rings is 1. The number of anilines is 1. The standard InChI is InChI=1S/C13H20N4O3S/c18-5-3-14-7-10-1-2-11(20-10)9-21-6-4-15-13-16-8-12(19)17-13/h1-2,8,14,18-19H,3-7,9H2,(H2,15,16,17). The van der Waals surface area contributed by atoms with Crippen LogP contribution in [0.4, 0.5) is 5.95 Å². The van der Waals surface area contributed by atoms with Crippen LogP contribution in [0, 0.1) is 0 Å². The fourth-order valence-corrected chi connectivity index (χ4v) is 2.45. The first-order chi connectivity index (χ1) is 10.3. The first-order valence-corrected chi connectivity index (χ1v) is 7.88. The van der Waals surface area contributed by atoms with E-state index in [0.717, 1.165) is 29.6 Å². The highest BCUT2D eigenvalue weighted by atomic mass is 32.2. The van der Waals surface area contributed by atoms with Gasteiger partial charge in [0.1, 0.15) is 11.5 Å². The summed E-state index contributed by atoms with van der Waals surface area (Å²) < 4.78 is 5.66. The second-order valence-electron chi connectivity index (χ2n) is 4.36. The molecular weight excluding hydrogens is 292 g/mol. The third-order valence-corrected chi connectivity index (χ3v) is 3.63. The number of rotatable bonds is 10. The van der Waals surface area contributed by atoms with Crippen molar-refractivity contribution in [3.8, 4) is 5.88 Å². The molecule has 2 heterocycles. The summed E-state index contributed by atoms with van der Waals surface area (Å²) in [5, 5.41) is 23.9. The minimum atomic E-state index is 0.0584. The monoisotopic (exact) mass is 312 g/mol. The molecular formula is C13H20N4O3S. The van der Waals surface area contributed by atoms with Crippen LogP contribution >= 0.6 is 11.8 Å². The predicted octanol–water partition coefficient (Wildman–Crippen LogP) is 1.14. The van der Waals surface area contributed by atoms with Crippen molar-refractivity contribution in [2.45, 2.75) is 12.3 Å². The molecule has 0 unspecified atom stereocenters. The molecule has 0 atom stereocenters. The average Bonchev–Trinajstić information content (AvgIpc) is 3.08. The van der Waals surface area contributed by atoms with E-state index in [-0.39, 0.29) is 12.5 Å². The number of hydrogen-bond acceptors (Lipinski definition) is 7. The van der Waals surface area contributed by atoms with Gasteiger partial charge in [-0.25, -0.2) is 4.98 Å². The molecule has 0 spiro atoms. The number of nitrogens with one attached hydrogen (secondary N) is 3. The fraction of sp³-hybridized carbons (Fsp3) is 0.462. The number of imidazole rings is 1. The van der Waals surface area contributed by atoms with Crippen LogP contribution in [0.5, 0.6) is 5.88 Å². The summed E-state index contributed by atoms with van der Waals surface area (Å²) in [6, 6.07) is 3.92. The van der Waals surface area contributed by atoms with Crippen LogP contribution in [0.25, 0.3) is 0 Å². The highest BCUT2D eigenvalue weighted by molar-refractivity contribution is 7.98. The molecule has 0 amide bonds. The molecule has 5 N–H and O–H groups in total. The molecule has 0 aliphatic heterocycles. The molecule has 2 aromatic rings. The average molecular weight is 312 g/mol. The number of aliphatic hydroxyl groups excluding tert-OH is 1. The lowest BCUT2D eigenvalue weighted by Gasteiger charge is -2.02. The van der Waals surface area contributed by atoms with Gasteiger partial charge in [0.15, 0.2) is 0 Å². The zero-order valence-corrected chi connectivity index (χ0v) is 12.4. The van der Waals surface area contributed by atoms with Crippen LogP contribution in [0.2, 0.25) is 0 Å². The first-order valence-electron chi connectivity index (χ1n) is 6.72. The van der Waals surface area contributed by atoms with Gasteiger partial charge in [-0.2, -0.15) is 11.8 Å². The molecule has 2 aromatic heterocycles. The summed E-state index contributed by atoms with van der Waals surface area (Å²) in [7, 11) is 0. The molecule has 0 aliphatic carbocycles. The number of aliphatic hydroxyl groups is 1. The molecule has 8 heteroatoms. The van der Waals surface area contributed by atoms with E-state index in [0.29, 0.717) is 19.0 Å². The van der Waals surface area contributed by atoms with Crippen molar-refractivity contribution in [2.24, 2.45) is 0 Å². The zero-order valence-electron chi connectivity index (χ0n) is 11.6. The van der Waals surface area contributed by atoms with Gasteiger partial charge in [0.05, 0.1) is 25.1 Å². The van der Waals surface area contributed by atoms with Gasteiger partial charge in [-0.3, -0.25) is 4.98 Å². The quantitative estimate of drug-likeness (QED) is 0.419. The Morgan fingerprint density at radius 3 is 2.90 bits per heavy atom. The second kappa shape index (κ2) is 8.60. The Bertz CT molecular complexity index is 529. The van der Waals surface area contributed by atoms with E-state index in [1.807, 2.05) is 12.1 Å². The van der Waals surface area contributed by atoms with Gasteiger partial charge in [-0.1, -0.05) is 0 Å². The molecule has 0 aromatic carbocycles. The summed E-state index contributed by atoms with van der Waals surface area (Å²) in [5.74, 6) is 4.16. The van der Waals surface area contributed by atoms with Crippen LogP contribution < -0.4 is 10.6 Å². The molecule has 0 fully saturated rings. The van der Waals surface area contributed by atoms with Crippen molar-refractivity contribution >= 4 is 17.7 Å². The van der Waals surface area contributed by atoms with Gasteiger partial charge in [-0.05, 0) is 12.1 Å². The molecule has 7 nitrogen and oxygen atoms in total. The van der Waals surface area contributed by atoms with Gasteiger partial charge in [0.25, 0.3) is 0 Å². The maximum absolute atomic E-state index is 9.09. The summed E-state index contributed by atoms with van der Waals surface area (Å²) >= 11 is 1.75. The van der Waals surface area contributed by atoms with Gasteiger partial charge in [-0.15, -0.1) is 0 Å². The third kappa shape index (κ3) is 5.70. The summed E-state index contributed by atoms with van der Waals surface area (Å²) in [5.41, 5.74) is 0. The lowest BCUT2D eigenvalue weighted by atomic mass is 10.4. The van der Waals surface area contributed by atoms with Crippen molar-refractivity contribution in [1.82, 2.24) is 15.3 Å². The summed E-state index contributed by atoms with van der Waals surface area (Å²) in [6.07, 6.45) is 1.37. The minimum absolute atomic E-state index is 0.0584. The van der Waals surface area contributed by atoms with Crippen LogP contribution in [0.15, 0.2) is 22.7 Å². The lowest BCUT2D eigenvalue weighted by molar-refractivity contribution is 0.289. The molecule has 116 valence electrons. The normalized spacial score (nSPS) is 10.9. The maximum Gasteiger partial charge on any atom is 0.210 e. The number of thioether (sulfide) groups is 1. The lowest BCUT2D eigenvalue weighted by Crippen LogP contribution is -2.16. The Kier molecular flexibility index (Phi) is 6.45. The number of aromatic hydroxyl groups is 1. The number of aromatic amines is 1. The van der Waals surface area contributed by atoms with Crippen LogP contribution in [-0.4, -0.2) is 45.6 Å². The van der Waals surface area contributed by atoms with E-state index in [1.165, 1.54) is 6.20 Å². The van der Waals surface area contributed by atoms with Gasteiger partial charge >= 0.3 is 0 Å². The van der Waals surface area contributed by atoms with Crippen molar-refractivity contribution in [3.05, 3.63) is 29.9 Å². The van der Waals surface area contributed by atoms with Crippen molar-refractivity contribution in [1.29, 1.82) is 0 Å². The Morgan fingerprint density at radius 1 is 1.29 bits per heavy atom. The molecule has 0 saturated carbocycles. The molecule has 0 bridgehead atoms. The van der Waals surface area contributed by atoms with E-state index in [4.69, 9.17) is 14.6 Å². The van der Waals surface area contributed by atoms with Crippen LogP contribution in [-0.2, 0) is 12.3 Å². The van der Waals surface area contributed by atoms with Crippen molar-refractivity contribution in [2.75, 3.05) is 30.8 Å². The van der Waals surface area contributed by atoms with E-state index in [1.54, 1.807) is 11.8 Å². The highest BCUT2D eigenvalue weighted by Crippen LogP contribution is 2.15. The Balaban J connectivity index is 1.58. The molecule has 0 saturated heterocycles. The number of nitrogens with zero attached hydrogens (tertiary/aromatic N) is 1. The summed E-state index contributed by atoms with van der Waals surface area (Å²) in [4.78, 5) is 6.63. The molecule has 2 rings (SSSR count). The third-order valence-electron chi connectivity index (χ3n) is 2.65. The molecule has 21 heavy (non-hydrogen) atoms. The van der Waals surface area contributed by atoms with E-state index < -0.39 is 0 Å². The maximum atomic E-state index is 9.09. The second-order valence-corrected chi connectivity index (χ2v) is 5.47.